The van der Waals surface area contributed by atoms with Gasteiger partial charge in [-0.2, -0.15) is 0 Å². The molecule has 1 aromatic rings. The van der Waals surface area contributed by atoms with Crippen molar-refractivity contribution in [3.63, 3.8) is 0 Å². The molecule has 0 aliphatic carbocycles. The summed E-state index contributed by atoms with van der Waals surface area (Å²) < 4.78 is 1.95. The first-order valence-corrected chi connectivity index (χ1v) is 11.9. The maximum Gasteiger partial charge on any atom is 0.342 e. The van der Waals surface area contributed by atoms with Crippen LogP contribution < -0.4 is 4.57 Å². The molecule has 0 saturated carbocycles. The molecule has 0 bridgehead atoms. The quantitative estimate of drug-likeness (QED) is 0.216. The van der Waals surface area contributed by atoms with Crippen LogP contribution in [0.3, 0.4) is 0 Å². The molecule has 0 aromatic carbocycles. The molecular weight excluding hydrogens is 346 g/mol. The van der Waals surface area contributed by atoms with Gasteiger partial charge in [-0.05, 0) is 12.5 Å². The zero-order valence-electron chi connectivity index (χ0n) is 18.6. The Morgan fingerprint density at radius 3 is 1.64 bits per heavy atom. The number of aromatic carboxylic acids is 1. The van der Waals surface area contributed by atoms with E-state index in [4.69, 9.17) is 0 Å². The van der Waals surface area contributed by atoms with Crippen LogP contribution in [0, 0.1) is 0 Å². The first kappa shape index (κ1) is 24.7. The third-order valence-corrected chi connectivity index (χ3v) is 5.81. The number of nitrogens with zero attached hydrogens (tertiary/aromatic N) is 1. The Kier molecular flexibility index (Phi) is 14.6. The van der Waals surface area contributed by atoms with E-state index in [1.54, 1.807) is 12.1 Å². The molecule has 0 amide bonds. The van der Waals surface area contributed by atoms with Gasteiger partial charge in [0.25, 0.3) is 0 Å². The van der Waals surface area contributed by atoms with Gasteiger partial charge in [-0.15, -0.1) is 0 Å². The standard InChI is InChI=1S/C25H43NO2/c1-3-4-5-6-7-8-9-10-11-12-13-14-15-16-17-18-21-24-23(25(27)28)20-19-22-26(24)2/h19-20,22H,3-18,21H2,1-2H3/p+1. The van der Waals surface area contributed by atoms with Gasteiger partial charge in [-0.3, -0.25) is 0 Å². The van der Waals surface area contributed by atoms with Gasteiger partial charge >= 0.3 is 5.97 Å². The summed E-state index contributed by atoms with van der Waals surface area (Å²) in [6, 6.07) is 3.52. The first-order valence-electron chi connectivity index (χ1n) is 11.9. The largest absolute Gasteiger partial charge is 0.477 e. The molecule has 0 spiro atoms. The molecule has 1 heterocycles. The van der Waals surface area contributed by atoms with E-state index in [1.165, 1.54) is 96.3 Å². The Bertz CT molecular complexity index is 527. The number of hydrogen-bond donors (Lipinski definition) is 1. The van der Waals surface area contributed by atoms with Gasteiger partial charge in [0.05, 0.1) is 0 Å². The van der Waals surface area contributed by atoms with E-state index < -0.39 is 5.97 Å². The van der Waals surface area contributed by atoms with Crippen LogP contribution >= 0.6 is 0 Å². The molecule has 0 fully saturated rings. The second-order valence-electron chi connectivity index (χ2n) is 8.34. The lowest BCUT2D eigenvalue weighted by Crippen LogP contribution is -2.35. The predicted octanol–water partition coefficient (Wildman–Crippen LogP) is 7.01. The molecule has 1 rings (SSSR count). The van der Waals surface area contributed by atoms with Gasteiger partial charge in [0, 0.05) is 12.5 Å². The Morgan fingerprint density at radius 2 is 1.21 bits per heavy atom. The van der Waals surface area contributed by atoms with Gasteiger partial charge in [0.2, 0.25) is 0 Å². The van der Waals surface area contributed by atoms with Gasteiger partial charge < -0.3 is 5.11 Å². The van der Waals surface area contributed by atoms with Crippen molar-refractivity contribution < 1.29 is 14.5 Å². The van der Waals surface area contributed by atoms with Crippen LogP contribution in [-0.4, -0.2) is 11.1 Å². The van der Waals surface area contributed by atoms with Crippen molar-refractivity contribution >= 4 is 5.97 Å². The summed E-state index contributed by atoms with van der Waals surface area (Å²) in [6.07, 6.45) is 24.6. The monoisotopic (exact) mass is 390 g/mol. The van der Waals surface area contributed by atoms with Gasteiger partial charge in [0.1, 0.15) is 12.6 Å². The van der Waals surface area contributed by atoms with E-state index in [0.717, 1.165) is 18.5 Å². The Morgan fingerprint density at radius 1 is 0.786 bits per heavy atom. The van der Waals surface area contributed by atoms with Crippen molar-refractivity contribution in [2.45, 2.75) is 116 Å². The number of carboxylic acids is 1. The molecule has 1 N–H and O–H groups in total. The normalized spacial score (nSPS) is 11.1. The first-order chi connectivity index (χ1) is 13.7. The van der Waals surface area contributed by atoms with Crippen molar-refractivity contribution in [1.29, 1.82) is 0 Å². The number of rotatable bonds is 18. The van der Waals surface area contributed by atoms with Crippen LogP contribution in [0.15, 0.2) is 18.3 Å². The molecule has 160 valence electrons. The lowest BCUT2D eigenvalue weighted by atomic mass is 10.0. The third-order valence-electron chi connectivity index (χ3n) is 5.81. The van der Waals surface area contributed by atoms with E-state index in [-0.39, 0.29) is 0 Å². The Balaban J connectivity index is 1.92. The Hall–Kier alpha value is -1.38. The van der Waals surface area contributed by atoms with Crippen molar-refractivity contribution in [3.8, 4) is 0 Å². The van der Waals surface area contributed by atoms with Crippen LogP contribution in [0.1, 0.15) is 126 Å². The average molecular weight is 391 g/mol. The van der Waals surface area contributed by atoms with Crippen molar-refractivity contribution in [1.82, 2.24) is 0 Å². The second-order valence-corrected chi connectivity index (χ2v) is 8.34. The van der Waals surface area contributed by atoms with Crippen LogP contribution in [0.25, 0.3) is 0 Å². The predicted molar refractivity (Wildman–Crippen MR) is 118 cm³/mol. The van der Waals surface area contributed by atoms with Gasteiger partial charge in [-0.25, -0.2) is 9.36 Å². The fourth-order valence-electron chi connectivity index (χ4n) is 3.99. The fraction of sp³-hybridized carbons (Fsp3) is 0.760. The highest BCUT2D eigenvalue weighted by atomic mass is 16.4. The number of carbonyl (C=O) groups is 1. The van der Waals surface area contributed by atoms with Crippen molar-refractivity contribution in [2.24, 2.45) is 7.05 Å². The maximum atomic E-state index is 11.3. The highest BCUT2D eigenvalue weighted by molar-refractivity contribution is 5.88. The zero-order chi connectivity index (χ0) is 20.5. The molecule has 0 radical (unpaired) electrons. The maximum absolute atomic E-state index is 11.3. The van der Waals surface area contributed by atoms with E-state index in [0.29, 0.717) is 5.56 Å². The van der Waals surface area contributed by atoms with E-state index >= 15 is 0 Å². The van der Waals surface area contributed by atoms with Crippen molar-refractivity contribution in [2.75, 3.05) is 0 Å². The molecule has 0 aliphatic rings. The topological polar surface area (TPSA) is 41.2 Å². The second kappa shape index (κ2) is 16.6. The van der Waals surface area contributed by atoms with Crippen LogP contribution in [0.4, 0.5) is 0 Å². The summed E-state index contributed by atoms with van der Waals surface area (Å²) in [6.45, 7) is 2.28. The molecule has 0 aliphatic heterocycles. The number of aryl methyl sites for hydroxylation is 1. The van der Waals surface area contributed by atoms with Gasteiger partial charge in [0.15, 0.2) is 11.9 Å². The van der Waals surface area contributed by atoms with Crippen molar-refractivity contribution in [3.05, 3.63) is 29.6 Å². The van der Waals surface area contributed by atoms with Crippen LogP contribution in [-0.2, 0) is 13.5 Å². The van der Waals surface area contributed by atoms with Crippen LogP contribution in [0.5, 0.6) is 0 Å². The fourth-order valence-corrected chi connectivity index (χ4v) is 3.99. The number of pyridine rings is 1. The smallest absolute Gasteiger partial charge is 0.342 e. The van der Waals surface area contributed by atoms with E-state index in [2.05, 4.69) is 6.92 Å². The minimum Gasteiger partial charge on any atom is -0.477 e. The molecule has 0 saturated heterocycles. The van der Waals surface area contributed by atoms with Crippen LogP contribution in [0.2, 0.25) is 0 Å². The summed E-state index contributed by atoms with van der Waals surface area (Å²) in [5.41, 5.74) is 1.39. The number of hydrogen-bond acceptors (Lipinski definition) is 1. The molecule has 1 aromatic heterocycles. The molecule has 28 heavy (non-hydrogen) atoms. The summed E-state index contributed by atoms with van der Waals surface area (Å²) >= 11 is 0. The minimum absolute atomic E-state index is 0.450. The minimum atomic E-state index is -0.817. The summed E-state index contributed by atoms with van der Waals surface area (Å²) in [5, 5.41) is 9.31. The van der Waals surface area contributed by atoms with E-state index in [9.17, 15) is 9.90 Å². The lowest BCUT2D eigenvalue weighted by molar-refractivity contribution is -0.679. The molecule has 3 heteroatoms. The molecule has 0 atom stereocenters. The average Bonchev–Trinajstić information content (AvgIpc) is 2.68. The SMILES string of the molecule is CCCCCCCCCCCCCCCCCCc1c(C(=O)O)ccc[n+]1C. The summed E-state index contributed by atoms with van der Waals surface area (Å²) in [7, 11) is 1.94. The molecule has 3 nitrogen and oxygen atoms in total. The number of unbranched alkanes of at least 4 members (excludes halogenated alkanes) is 15. The molecule has 0 unspecified atom stereocenters. The Labute approximate surface area is 173 Å². The highest BCUT2D eigenvalue weighted by Crippen LogP contribution is 2.14. The molecular formula is C25H44NO2+. The summed E-state index contributed by atoms with van der Waals surface area (Å²) in [4.78, 5) is 11.3. The number of aromatic nitrogens is 1. The highest BCUT2D eigenvalue weighted by Gasteiger charge is 2.17. The zero-order valence-corrected chi connectivity index (χ0v) is 18.6. The number of carboxylic acid groups (broad SMARTS) is 1. The van der Waals surface area contributed by atoms with Gasteiger partial charge in [-0.1, -0.05) is 103 Å². The summed E-state index contributed by atoms with van der Waals surface area (Å²) in [5.74, 6) is -0.817. The third kappa shape index (κ3) is 11.5. The van der Waals surface area contributed by atoms with E-state index in [1.807, 2.05) is 17.8 Å². The lowest BCUT2D eigenvalue weighted by Gasteiger charge is -2.05.